The minimum Gasteiger partial charge on any atom is -0.394 e. The fraction of sp³-hybridized carbons (Fsp3) is 0.111. The Bertz CT molecular complexity index is 891. The molecule has 1 amide bonds. The molecular formula is C18H14ClN3O4. The van der Waals surface area contributed by atoms with Crippen LogP contribution < -0.4 is 5.32 Å². The van der Waals surface area contributed by atoms with Gasteiger partial charge in [-0.1, -0.05) is 48.0 Å². The standard InChI is InChI=1S/C18H14ClN3O4/c19-15-7-6-12(9-17(15)22(25)26)8-14(10-20)18(24)21-16(11-23)13-4-2-1-3-5-13/h1-9,16,23H,11H2,(H,21,24)/b14-8+. The van der Waals surface area contributed by atoms with Crippen molar-refractivity contribution in [2.24, 2.45) is 0 Å². The van der Waals surface area contributed by atoms with E-state index in [4.69, 9.17) is 11.6 Å². The highest BCUT2D eigenvalue weighted by molar-refractivity contribution is 6.32. The van der Waals surface area contributed by atoms with Crippen LogP contribution in [0, 0.1) is 21.4 Å². The Balaban J connectivity index is 2.26. The fourth-order valence-corrected chi connectivity index (χ4v) is 2.42. The average molecular weight is 372 g/mol. The van der Waals surface area contributed by atoms with Crippen molar-refractivity contribution in [3.8, 4) is 6.07 Å². The molecule has 0 heterocycles. The lowest BCUT2D eigenvalue weighted by Gasteiger charge is -2.16. The van der Waals surface area contributed by atoms with Gasteiger partial charge in [-0.15, -0.1) is 0 Å². The van der Waals surface area contributed by atoms with Crippen LogP contribution >= 0.6 is 11.6 Å². The molecule has 2 N–H and O–H groups in total. The molecule has 1 unspecified atom stereocenters. The zero-order valence-electron chi connectivity index (χ0n) is 13.4. The Labute approximate surface area is 154 Å². The van der Waals surface area contributed by atoms with E-state index in [9.17, 15) is 25.3 Å². The topological polar surface area (TPSA) is 116 Å². The first-order chi connectivity index (χ1) is 12.5. The Hall–Kier alpha value is -3.21. The van der Waals surface area contributed by atoms with E-state index in [1.54, 1.807) is 36.4 Å². The van der Waals surface area contributed by atoms with Crippen molar-refractivity contribution < 1.29 is 14.8 Å². The van der Waals surface area contributed by atoms with Gasteiger partial charge in [0.1, 0.15) is 16.7 Å². The summed E-state index contributed by atoms with van der Waals surface area (Å²) in [7, 11) is 0. The molecule has 2 aromatic rings. The number of hydrogen-bond acceptors (Lipinski definition) is 5. The summed E-state index contributed by atoms with van der Waals surface area (Å²) >= 11 is 5.75. The number of carbonyl (C=O) groups excluding carboxylic acids is 1. The average Bonchev–Trinajstić information content (AvgIpc) is 2.65. The van der Waals surface area contributed by atoms with E-state index < -0.39 is 16.9 Å². The molecule has 0 aliphatic heterocycles. The third-order valence-corrected chi connectivity index (χ3v) is 3.85. The molecule has 2 aromatic carbocycles. The van der Waals surface area contributed by atoms with E-state index in [2.05, 4.69) is 5.32 Å². The van der Waals surface area contributed by atoms with Gasteiger partial charge in [-0.05, 0) is 23.3 Å². The Morgan fingerprint density at radius 1 is 1.35 bits per heavy atom. The van der Waals surface area contributed by atoms with Crippen LogP contribution in [0.15, 0.2) is 54.1 Å². The quantitative estimate of drug-likeness (QED) is 0.350. The molecule has 0 radical (unpaired) electrons. The molecule has 7 nitrogen and oxygen atoms in total. The minimum absolute atomic E-state index is 0.0421. The third-order valence-electron chi connectivity index (χ3n) is 3.53. The van der Waals surface area contributed by atoms with Crippen LogP contribution in [-0.2, 0) is 4.79 Å². The lowest BCUT2D eigenvalue weighted by Crippen LogP contribution is -2.31. The van der Waals surface area contributed by atoms with Gasteiger partial charge in [-0.2, -0.15) is 5.26 Å². The molecule has 0 aromatic heterocycles. The number of hydrogen-bond donors (Lipinski definition) is 2. The second-order valence-corrected chi connectivity index (χ2v) is 5.66. The van der Waals surface area contributed by atoms with Gasteiger partial charge >= 0.3 is 0 Å². The number of nitrogens with one attached hydrogen (secondary N) is 1. The smallest absolute Gasteiger partial charge is 0.288 e. The van der Waals surface area contributed by atoms with Gasteiger partial charge in [0, 0.05) is 6.07 Å². The van der Waals surface area contributed by atoms with E-state index >= 15 is 0 Å². The second-order valence-electron chi connectivity index (χ2n) is 5.26. The SMILES string of the molecule is N#C/C(=C\c1ccc(Cl)c([N+](=O)[O-])c1)C(=O)NC(CO)c1ccccc1. The van der Waals surface area contributed by atoms with Crippen molar-refractivity contribution in [3.05, 3.63) is 80.4 Å². The van der Waals surface area contributed by atoms with Crippen molar-refractivity contribution in [3.63, 3.8) is 0 Å². The summed E-state index contributed by atoms with van der Waals surface area (Å²) in [6.45, 7) is -0.346. The van der Waals surface area contributed by atoms with Gasteiger partial charge in [0.15, 0.2) is 0 Å². The van der Waals surface area contributed by atoms with Gasteiger partial charge in [0.2, 0.25) is 0 Å². The first-order valence-electron chi connectivity index (χ1n) is 7.48. The lowest BCUT2D eigenvalue weighted by molar-refractivity contribution is -0.384. The van der Waals surface area contributed by atoms with Crippen LogP contribution in [0.5, 0.6) is 0 Å². The predicted molar refractivity (Wildman–Crippen MR) is 96.1 cm³/mol. The first-order valence-corrected chi connectivity index (χ1v) is 7.86. The van der Waals surface area contributed by atoms with Crippen LogP contribution in [0.25, 0.3) is 6.08 Å². The number of nitro groups is 1. The highest BCUT2D eigenvalue weighted by Gasteiger charge is 2.18. The molecule has 0 saturated heterocycles. The van der Waals surface area contributed by atoms with Crippen LogP contribution in [0.4, 0.5) is 5.69 Å². The summed E-state index contributed by atoms with van der Waals surface area (Å²) < 4.78 is 0. The van der Waals surface area contributed by atoms with Gasteiger partial charge in [0.25, 0.3) is 11.6 Å². The Morgan fingerprint density at radius 2 is 2.04 bits per heavy atom. The maximum atomic E-state index is 12.3. The van der Waals surface area contributed by atoms with Crippen molar-refractivity contribution >= 4 is 29.3 Å². The molecule has 132 valence electrons. The largest absolute Gasteiger partial charge is 0.394 e. The van der Waals surface area contributed by atoms with Crippen molar-refractivity contribution in [2.45, 2.75) is 6.04 Å². The number of aliphatic hydroxyl groups is 1. The van der Waals surface area contributed by atoms with Crippen molar-refractivity contribution in [2.75, 3.05) is 6.61 Å². The number of aliphatic hydroxyl groups excluding tert-OH is 1. The highest BCUT2D eigenvalue weighted by Crippen LogP contribution is 2.26. The van der Waals surface area contributed by atoms with Crippen molar-refractivity contribution in [1.29, 1.82) is 5.26 Å². The molecule has 0 fully saturated rings. The number of benzene rings is 2. The molecule has 0 bridgehead atoms. The summed E-state index contributed by atoms with van der Waals surface area (Å²) in [4.78, 5) is 22.6. The number of nitriles is 1. The zero-order chi connectivity index (χ0) is 19.1. The van der Waals surface area contributed by atoms with Crippen LogP contribution in [0.1, 0.15) is 17.2 Å². The Kier molecular flexibility index (Phi) is 6.44. The molecule has 0 saturated carbocycles. The number of carbonyl (C=O) groups is 1. The number of halogens is 1. The monoisotopic (exact) mass is 371 g/mol. The molecule has 0 spiro atoms. The maximum absolute atomic E-state index is 12.3. The summed E-state index contributed by atoms with van der Waals surface area (Å²) in [6, 6.07) is 13.8. The van der Waals surface area contributed by atoms with Crippen LogP contribution in [0.2, 0.25) is 5.02 Å². The van der Waals surface area contributed by atoms with E-state index in [1.165, 1.54) is 24.3 Å². The maximum Gasteiger partial charge on any atom is 0.288 e. The molecule has 1 atom stereocenters. The molecule has 0 aliphatic carbocycles. The third kappa shape index (κ3) is 4.66. The fourth-order valence-electron chi connectivity index (χ4n) is 2.23. The van der Waals surface area contributed by atoms with E-state index in [-0.39, 0.29) is 28.5 Å². The van der Waals surface area contributed by atoms with Crippen molar-refractivity contribution in [1.82, 2.24) is 5.32 Å². The lowest BCUT2D eigenvalue weighted by atomic mass is 10.1. The van der Waals surface area contributed by atoms with E-state index in [0.29, 0.717) is 5.56 Å². The minimum atomic E-state index is -0.701. The van der Waals surface area contributed by atoms with Gasteiger partial charge < -0.3 is 10.4 Å². The number of nitro benzene ring substituents is 1. The number of rotatable bonds is 6. The highest BCUT2D eigenvalue weighted by atomic mass is 35.5. The molecular weight excluding hydrogens is 358 g/mol. The number of amides is 1. The van der Waals surface area contributed by atoms with E-state index in [1.807, 2.05) is 0 Å². The van der Waals surface area contributed by atoms with Gasteiger partial charge in [0.05, 0.1) is 17.6 Å². The summed E-state index contributed by atoms with van der Waals surface area (Å²) in [5.41, 5.74) is 0.391. The first kappa shape index (κ1) is 19.1. The predicted octanol–water partition coefficient (Wildman–Crippen LogP) is 3.00. The normalized spacial score (nSPS) is 12.1. The molecule has 8 heteroatoms. The summed E-state index contributed by atoms with van der Waals surface area (Å²) in [6.07, 6.45) is 1.22. The summed E-state index contributed by atoms with van der Waals surface area (Å²) in [5.74, 6) is -0.701. The van der Waals surface area contributed by atoms with Crippen LogP contribution in [-0.4, -0.2) is 22.5 Å². The van der Waals surface area contributed by atoms with Gasteiger partial charge in [-0.3, -0.25) is 14.9 Å². The number of nitrogens with zero attached hydrogens (tertiary/aromatic N) is 2. The zero-order valence-corrected chi connectivity index (χ0v) is 14.2. The molecule has 26 heavy (non-hydrogen) atoms. The second kappa shape index (κ2) is 8.76. The molecule has 2 rings (SSSR count). The van der Waals surface area contributed by atoms with E-state index in [0.717, 1.165) is 0 Å². The van der Waals surface area contributed by atoms with Gasteiger partial charge in [-0.25, -0.2) is 0 Å². The van der Waals surface area contributed by atoms with Crippen LogP contribution in [0.3, 0.4) is 0 Å². The Morgan fingerprint density at radius 3 is 2.62 bits per heavy atom. The summed E-state index contributed by atoms with van der Waals surface area (Å²) in [5, 5.41) is 32.2. The molecule has 0 aliphatic rings.